The van der Waals surface area contributed by atoms with Gasteiger partial charge in [0.05, 0.1) is 0 Å². The Hall–Kier alpha value is -2.53. The van der Waals surface area contributed by atoms with E-state index in [0.717, 1.165) is 19.4 Å². The van der Waals surface area contributed by atoms with Crippen LogP contribution in [-0.4, -0.2) is 35.7 Å². The van der Waals surface area contributed by atoms with E-state index in [1.165, 1.54) is 6.07 Å². The van der Waals surface area contributed by atoms with Gasteiger partial charge in [0, 0.05) is 43.1 Å². The number of carbonyl (C=O) groups excluding carboxylic acids is 2. The summed E-state index contributed by atoms with van der Waals surface area (Å²) in [5.74, 6) is -0.310. The maximum Gasteiger partial charge on any atom is 0.220 e. The summed E-state index contributed by atoms with van der Waals surface area (Å²) >= 11 is 0. The first-order chi connectivity index (χ1) is 13.1. The Labute approximate surface area is 159 Å². The van der Waals surface area contributed by atoms with Crippen LogP contribution in [0.2, 0.25) is 0 Å². The van der Waals surface area contributed by atoms with Gasteiger partial charge in [-0.15, -0.1) is 0 Å². The standard InChI is InChI=1S/C22H25FN2O2/c23-20-11-5-4-9-18(20)15-25-14-6-10-19(16-25)24-22(27)13-12-21(26)17-7-2-1-3-8-17/h1-5,7-9,11,19H,6,10,12-16H2,(H,24,27)/t19-/m0/s1. The van der Waals surface area contributed by atoms with Crippen molar-refractivity contribution >= 4 is 11.7 Å². The van der Waals surface area contributed by atoms with E-state index in [-0.39, 0.29) is 36.4 Å². The number of nitrogens with one attached hydrogen (secondary N) is 1. The lowest BCUT2D eigenvalue weighted by atomic mass is 10.0. The Balaban J connectivity index is 1.45. The molecule has 1 atom stereocenters. The van der Waals surface area contributed by atoms with Crippen LogP contribution in [0.1, 0.15) is 41.6 Å². The third-order valence-corrected chi connectivity index (χ3v) is 4.90. The largest absolute Gasteiger partial charge is 0.352 e. The highest BCUT2D eigenvalue weighted by atomic mass is 19.1. The fraction of sp³-hybridized carbons (Fsp3) is 0.364. The molecule has 0 spiro atoms. The van der Waals surface area contributed by atoms with Crippen LogP contribution in [0.3, 0.4) is 0 Å². The minimum absolute atomic E-state index is 0.0180. The number of Topliss-reactive ketones (excluding diaryl/α,β-unsaturated/α-hetero) is 1. The Morgan fingerprint density at radius 2 is 1.78 bits per heavy atom. The van der Waals surface area contributed by atoms with Gasteiger partial charge >= 0.3 is 0 Å². The van der Waals surface area contributed by atoms with Gasteiger partial charge in [-0.25, -0.2) is 4.39 Å². The molecule has 2 aromatic rings. The van der Waals surface area contributed by atoms with E-state index in [2.05, 4.69) is 10.2 Å². The molecule has 3 rings (SSSR count). The van der Waals surface area contributed by atoms with E-state index in [4.69, 9.17) is 0 Å². The monoisotopic (exact) mass is 368 g/mol. The molecule has 1 saturated heterocycles. The molecule has 1 heterocycles. The number of likely N-dealkylation sites (tertiary alicyclic amines) is 1. The normalized spacial score (nSPS) is 17.4. The van der Waals surface area contributed by atoms with Crippen molar-refractivity contribution in [3.63, 3.8) is 0 Å². The summed E-state index contributed by atoms with van der Waals surface area (Å²) in [6.45, 7) is 2.14. The molecule has 1 fully saturated rings. The van der Waals surface area contributed by atoms with Crippen LogP contribution in [0, 0.1) is 5.82 Å². The fourth-order valence-corrected chi connectivity index (χ4v) is 3.48. The maximum atomic E-state index is 13.8. The molecule has 2 aromatic carbocycles. The first-order valence-corrected chi connectivity index (χ1v) is 9.45. The number of benzene rings is 2. The molecule has 0 saturated carbocycles. The molecule has 0 aliphatic carbocycles. The lowest BCUT2D eigenvalue weighted by Gasteiger charge is -2.33. The highest BCUT2D eigenvalue weighted by molar-refractivity contribution is 5.97. The third kappa shape index (κ3) is 5.73. The molecule has 1 aliphatic heterocycles. The van der Waals surface area contributed by atoms with Crippen molar-refractivity contribution in [3.05, 3.63) is 71.5 Å². The van der Waals surface area contributed by atoms with Gasteiger partial charge in [0.1, 0.15) is 5.82 Å². The topological polar surface area (TPSA) is 49.4 Å². The van der Waals surface area contributed by atoms with Crippen LogP contribution in [0.4, 0.5) is 4.39 Å². The zero-order chi connectivity index (χ0) is 19.1. The molecule has 0 bridgehead atoms. The Morgan fingerprint density at radius 1 is 1.04 bits per heavy atom. The lowest BCUT2D eigenvalue weighted by Crippen LogP contribution is -2.47. The molecule has 27 heavy (non-hydrogen) atoms. The summed E-state index contributed by atoms with van der Waals surface area (Å²) in [7, 11) is 0. The molecule has 0 aromatic heterocycles. The minimum atomic E-state index is -0.192. The smallest absolute Gasteiger partial charge is 0.220 e. The molecular weight excluding hydrogens is 343 g/mol. The quantitative estimate of drug-likeness (QED) is 0.760. The van der Waals surface area contributed by atoms with Gasteiger partial charge in [0.2, 0.25) is 5.91 Å². The molecule has 142 valence electrons. The highest BCUT2D eigenvalue weighted by Gasteiger charge is 2.22. The fourth-order valence-electron chi connectivity index (χ4n) is 3.48. The van der Waals surface area contributed by atoms with Crippen LogP contribution in [0.15, 0.2) is 54.6 Å². The van der Waals surface area contributed by atoms with E-state index >= 15 is 0 Å². The first kappa shape index (κ1) is 19.2. The van der Waals surface area contributed by atoms with Gasteiger partial charge < -0.3 is 5.32 Å². The average Bonchev–Trinajstić information content (AvgIpc) is 2.69. The molecule has 1 N–H and O–H groups in total. The van der Waals surface area contributed by atoms with Crippen molar-refractivity contribution in [1.82, 2.24) is 10.2 Å². The van der Waals surface area contributed by atoms with E-state index in [1.807, 2.05) is 24.3 Å². The molecule has 0 radical (unpaired) electrons. The molecular formula is C22H25FN2O2. The van der Waals surface area contributed by atoms with Gasteiger partial charge in [-0.3, -0.25) is 14.5 Å². The van der Waals surface area contributed by atoms with Gasteiger partial charge in [0.15, 0.2) is 5.78 Å². The first-order valence-electron chi connectivity index (χ1n) is 9.45. The number of hydrogen-bond donors (Lipinski definition) is 1. The number of rotatable bonds is 7. The number of hydrogen-bond acceptors (Lipinski definition) is 3. The number of halogens is 1. The Kier molecular flexibility index (Phi) is 6.71. The number of ketones is 1. The van der Waals surface area contributed by atoms with Gasteiger partial charge in [-0.05, 0) is 25.5 Å². The number of piperidine rings is 1. The van der Waals surface area contributed by atoms with Gasteiger partial charge in [-0.1, -0.05) is 48.5 Å². The van der Waals surface area contributed by atoms with Crippen molar-refractivity contribution in [2.45, 2.75) is 38.3 Å². The summed E-state index contributed by atoms with van der Waals surface area (Å²) in [6, 6.07) is 15.9. The number of amides is 1. The van der Waals surface area contributed by atoms with Crippen LogP contribution >= 0.6 is 0 Å². The van der Waals surface area contributed by atoms with Crippen LogP contribution in [0.25, 0.3) is 0 Å². The van der Waals surface area contributed by atoms with Crippen LogP contribution in [-0.2, 0) is 11.3 Å². The summed E-state index contributed by atoms with van der Waals surface area (Å²) in [4.78, 5) is 26.5. The number of nitrogens with zero attached hydrogens (tertiary/aromatic N) is 1. The van der Waals surface area contributed by atoms with E-state index in [1.54, 1.807) is 24.3 Å². The Morgan fingerprint density at radius 3 is 2.56 bits per heavy atom. The SMILES string of the molecule is O=C(CCC(=O)c1ccccc1)N[C@H]1CCCN(Cc2ccccc2F)C1. The molecule has 5 heteroatoms. The second-order valence-corrected chi connectivity index (χ2v) is 7.02. The number of carbonyl (C=O) groups is 2. The predicted molar refractivity (Wildman–Crippen MR) is 103 cm³/mol. The van der Waals surface area contributed by atoms with Crippen molar-refractivity contribution in [3.8, 4) is 0 Å². The Bertz CT molecular complexity index is 779. The van der Waals surface area contributed by atoms with Crippen LogP contribution < -0.4 is 5.32 Å². The van der Waals surface area contributed by atoms with Crippen molar-refractivity contribution < 1.29 is 14.0 Å². The highest BCUT2D eigenvalue weighted by Crippen LogP contribution is 2.16. The van der Waals surface area contributed by atoms with Crippen molar-refractivity contribution in [2.75, 3.05) is 13.1 Å². The van der Waals surface area contributed by atoms with E-state index in [0.29, 0.717) is 24.2 Å². The second kappa shape index (κ2) is 9.42. The summed E-state index contributed by atoms with van der Waals surface area (Å²) in [5.41, 5.74) is 1.32. The van der Waals surface area contributed by atoms with E-state index in [9.17, 15) is 14.0 Å². The van der Waals surface area contributed by atoms with E-state index < -0.39 is 0 Å². The van der Waals surface area contributed by atoms with Crippen molar-refractivity contribution in [2.24, 2.45) is 0 Å². The zero-order valence-corrected chi connectivity index (χ0v) is 15.4. The summed E-state index contributed by atoms with van der Waals surface area (Å²) in [5, 5.41) is 3.03. The molecule has 0 unspecified atom stereocenters. The van der Waals surface area contributed by atoms with Gasteiger partial charge in [-0.2, -0.15) is 0 Å². The summed E-state index contributed by atoms with van der Waals surface area (Å²) in [6.07, 6.45) is 2.27. The zero-order valence-electron chi connectivity index (χ0n) is 15.4. The van der Waals surface area contributed by atoms with Gasteiger partial charge in [0.25, 0.3) is 0 Å². The van der Waals surface area contributed by atoms with Crippen LogP contribution in [0.5, 0.6) is 0 Å². The average molecular weight is 368 g/mol. The van der Waals surface area contributed by atoms with Crippen molar-refractivity contribution in [1.29, 1.82) is 0 Å². The lowest BCUT2D eigenvalue weighted by molar-refractivity contribution is -0.122. The predicted octanol–water partition coefficient (Wildman–Crippen LogP) is 3.57. The molecule has 1 amide bonds. The minimum Gasteiger partial charge on any atom is -0.352 e. The summed E-state index contributed by atoms with van der Waals surface area (Å²) < 4.78 is 13.8. The molecule has 4 nitrogen and oxygen atoms in total. The maximum absolute atomic E-state index is 13.8. The molecule has 1 aliphatic rings. The third-order valence-electron chi connectivity index (χ3n) is 4.90. The second-order valence-electron chi connectivity index (χ2n) is 7.02.